The molecule has 0 spiro atoms. The number of hydrogen-bond acceptors (Lipinski definition) is 4. The standard InChI is InChI=1S/C6H12O2S2/c1-6(2)5(8)4(3-7)9-10-6/h4-5,7-8H,3H2,1-2H3. The van der Waals surface area contributed by atoms with E-state index in [1.165, 1.54) is 0 Å². The third kappa shape index (κ3) is 1.44. The van der Waals surface area contributed by atoms with Crippen LogP contribution in [0.15, 0.2) is 0 Å². The fourth-order valence-electron chi connectivity index (χ4n) is 0.866. The van der Waals surface area contributed by atoms with Crippen LogP contribution in [0.3, 0.4) is 0 Å². The fraction of sp³-hybridized carbons (Fsp3) is 1.00. The molecular weight excluding hydrogens is 168 g/mol. The van der Waals surface area contributed by atoms with Gasteiger partial charge in [-0.25, -0.2) is 0 Å². The maximum Gasteiger partial charge on any atom is 0.0838 e. The minimum Gasteiger partial charge on any atom is -0.395 e. The predicted molar refractivity (Wildman–Crippen MR) is 46.1 cm³/mol. The number of aliphatic hydroxyl groups is 2. The highest BCUT2D eigenvalue weighted by Crippen LogP contribution is 2.50. The normalized spacial score (nSPS) is 38.4. The lowest BCUT2D eigenvalue weighted by Crippen LogP contribution is -2.36. The van der Waals surface area contributed by atoms with Gasteiger partial charge in [0.2, 0.25) is 0 Å². The van der Waals surface area contributed by atoms with E-state index < -0.39 is 0 Å². The van der Waals surface area contributed by atoms with E-state index in [1.807, 2.05) is 13.8 Å². The van der Waals surface area contributed by atoms with Crippen LogP contribution in [0, 0.1) is 0 Å². The summed E-state index contributed by atoms with van der Waals surface area (Å²) in [5.74, 6) is 0. The van der Waals surface area contributed by atoms with Crippen molar-refractivity contribution in [3.8, 4) is 0 Å². The molecule has 1 aliphatic heterocycles. The van der Waals surface area contributed by atoms with Gasteiger partial charge in [0.05, 0.1) is 18.0 Å². The molecule has 2 unspecified atom stereocenters. The molecule has 1 heterocycles. The highest BCUT2D eigenvalue weighted by atomic mass is 33.1. The van der Waals surface area contributed by atoms with Crippen molar-refractivity contribution >= 4 is 21.6 Å². The zero-order valence-corrected chi connectivity index (χ0v) is 7.71. The van der Waals surface area contributed by atoms with Gasteiger partial charge in [-0.1, -0.05) is 21.6 Å². The summed E-state index contributed by atoms with van der Waals surface area (Å²) in [5.41, 5.74) is 0. The predicted octanol–water partition coefficient (Wildman–Crippen LogP) is 0.882. The van der Waals surface area contributed by atoms with E-state index in [4.69, 9.17) is 5.11 Å². The first kappa shape index (κ1) is 8.71. The molecule has 0 radical (unpaired) electrons. The van der Waals surface area contributed by atoms with E-state index in [0.29, 0.717) is 0 Å². The average Bonchev–Trinajstić information content (AvgIpc) is 2.10. The maximum atomic E-state index is 9.52. The zero-order chi connectivity index (χ0) is 7.78. The molecule has 0 aromatic heterocycles. The smallest absolute Gasteiger partial charge is 0.0838 e. The highest BCUT2D eigenvalue weighted by Gasteiger charge is 2.42. The average molecular weight is 180 g/mol. The van der Waals surface area contributed by atoms with E-state index in [9.17, 15) is 5.11 Å². The van der Waals surface area contributed by atoms with Crippen LogP contribution in [0.5, 0.6) is 0 Å². The molecule has 0 saturated carbocycles. The van der Waals surface area contributed by atoms with E-state index in [1.54, 1.807) is 21.6 Å². The topological polar surface area (TPSA) is 40.5 Å². The van der Waals surface area contributed by atoms with Crippen molar-refractivity contribution < 1.29 is 10.2 Å². The van der Waals surface area contributed by atoms with Crippen LogP contribution in [0.1, 0.15) is 13.8 Å². The Morgan fingerprint density at radius 1 is 1.50 bits per heavy atom. The molecule has 4 heteroatoms. The lowest BCUT2D eigenvalue weighted by molar-refractivity contribution is 0.118. The zero-order valence-electron chi connectivity index (χ0n) is 6.07. The van der Waals surface area contributed by atoms with Gasteiger partial charge in [0, 0.05) is 4.75 Å². The van der Waals surface area contributed by atoms with Crippen LogP contribution >= 0.6 is 21.6 Å². The molecule has 1 saturated heterocycles. The van der Waals surface area contributed by atoms with E-state index in [2.05, 4.69) is 0 Å². The quantitative estimate of drug-likeness (QED) is 0.588. The number of hydrogen-bond donors (Lipinski definition) is 2. The summed E-state index contributed by atoms with van der Waals surface area (Å²) in [7, 11) is 3.22. The summed E-state index contributed by atoms with van der Waals surface area (Å²) in [6.45, 7) is 4.05. The van der Waals surface area contributed by atoms with Crippen molar-refractivity contribution in [3.05, 3.63) is 0 Å². The molecule has 0 bridgehead atoms. The Hall–Kier alpha value is 0.620. The number of rotatable bonds is 1. The molecule has 2 N–H and O–H groups in total. The molecule has 10 heavy (non-hydrogen) atoms. The van der Waals surface area contributed by atoms with Crippen molar-refractivity contribution in [1.29, 1.82) is 0 Å². The molecule has 1 rings (SSSR count). The van der Waals surface area contributed by atoms with Gasteiger partial charge in [0.1, 0.15) is 0 Å². The second-order valence-electron chi connectivity index (χ2n) is 2.95. The highest BCUT2D eigenvalue weighted by molar-refractivity contribution is 8.77. The monoisotopic (exact) mass is 180 g/mol. The first-order valence-electron chi connectivity index (χ1n) is 3.21. The summed E-state index contributed by atoms with van der Waals surface area (Å²) in [6.07, 6.45) is -0.382. The lowest BCUT2D eigenvalue weighted by atomic mass is 10.0. The molecule has 2 atom stereocenters. The minimum atomic E-state index is -0.382. The summed E-state index contributed by atoms with van der Waals surface area (Å²) in [6, 6.07) is 0. The number of aliphatic hydroxyl groups excluding tert-OH is 2. The van der Waals surface area contributed by atoms with Crippen molar-refractivity contribution in [3.63, 3.8) is 0 Å². The fourth-order valence-corrected chi connectivity index (χ4v) is 4.00. The first-order valence-corrected chi connectivity index (χ1v) is 5.42. The van der Waals surface area contributed by atoms with E-state index in [0.717, 1.165) is 0 Å². The van der Waals surface area contributed by atoms with Crippen molar-refractivity contribution in [2.45, 2.75) is 29.9 Å². The van der Waals surface area contributed by atoms with Crippen LogP contribution in [0.2, 0.25) is 0 Å². The third-order valence-corrected chi connectivity index (χ3v) is 5.37. The summed E-state index contributed by atoms with van der Waals surface area (Å²) < 4.78 is -0.0991. The Bertz CT molecular complexity index is 127. The van der Waals surface area contributed by atoms with Crippen molar-refractivity contribution in [2.75, 3.05) is 6.61 Å². The van der Waals surface area contributed by atoms with E-state index in [-0.39, 0.29) is 22.7 Å². The first-order chi connectivity index (χ1) is 4.58. The van der Waals surface area contributed by atoms with E-state index >= 15 is 0 Å². The van der Waals surface area contributed by atoms with Crippen LogP contribution < -0.4 is 0 Å². The second kappa shape index (κ2) is 2.93. The van der Waals surface area contributed by atoms with Crippen molar-refractivity contribution in [2.24, 2.45) is 0 Å². The van der Waals surface area contributed by atoms with Crippen molar-refractivity contribution in [1.82, 2.24) is 0 Å². The molecule has 2 nitrogen and oxygen atoms in total. The van der Waals surface area contributed by atoms with Gasteiger partial charge in [-0.2, -0.15) is 0 Å². The molecule has 1 aliphatic rings. The Balaban J connectivity index is 2.58. The SMILES string of the molecule is CC1(C)SSC(CO)C1O. The maximum absolute atomic E-state index is 9.52. The van der Waals surface area contributed by atoms with Crippen LogP contribution in [-0.2, 0) is 0 Å². The molecule has 0 aliphatic carbocycles. The van der Waals surface area contributed by atoms with Gasteiger partial charge >= 0.3 is 0 Å². The third-order valence-electron chi connectivity index (χ3n) is 1.63. The molecular formula is C6H12O2S2. The molecule has 0 amide bonds. The summed E-state index contributed by atoms with van der Waals surface area (Å²) in [5, 5.41) is 18.3. The van der Waals surface area contributed by atoms with Gasteiger partial charge in [-0.3, -0.25) is 0 Å². The summed E-state index contributed by atoms with van der Waals surface area (Å²) in [4.78, 5) is 0. The Morgan fingerprint density at radius 2 is 2.10 bits per heavy atom. The Labute approximate surface area is 68.8 Å². The van der Waals surface area contributed by atoms with Crippen LogP contribution in [-0.4, -0.2) is 32.9 Å². The second-order valence-corrected chi connectivity index (χ2v) is 6.04. The van der Waals surface area contributed by atoms with Gasteiger partial charge in [0.25, 0.3) is 0 Å². The lowest BCUT2D eigenvalue weighted by Gasteiger charge is -2.21. The van der Waals surface area contributed by atoms with Gasteiger partial charge in [-0.15, -0.1) is 0 Å². The van der Waals surface area contributed by atoms with Gasteiger partial charge in [-0.05, 0) is 13.8 Å². The van der Waals surface area contributed by atoms with Crippen LogP contribution in [0.4, 0.5) is 0 Å². The minimum absolute atomic E-state index is 0.000000000000000222. The molecule has 60 valence electrons. The summed E-state index contributed by atoms with van der Waals surface area (Å²) >= 11 is 0. The Morgan fingerprint density at radius 3 is 2.30 bits per heavy atom. The molecule has 0 aromatic carbocycles. The Kier molecular flexibility index (Phi) is 2.55. The van der Waals surface area contributed by atoms with Gasteiger partial charge in [0.15, 0.2) is 0 Å². The molecule has 1 fully saturated rings. The largest absolute Gasteiger partial charge is 0.395 e. The molecule has 0 aromatic rings. The van der Waals surface area contributed by atoms with Crippen LogP contribution in [0.25, 0.3) is 0 Å². The van der Waals surface area contributed by atoms with Gasteiger partial charge < -0.3 is 10.2 Å².